The van der Waals surface area contributed by atoms with E-state index >= 15 is 0 Å². The fourth-order valence-electron chi connectivity index (χ4n) is 1.84. The van der Waals surface area contributed by atoms with Gasteiger partial charge in [0.15, 0.2) is 5.82 Å². The number of aryl methyl sites for hydroxylation is 1. The third-order valence-corrected chi connectivity index (χ3v) is 2.77. The predicted molar refractivity (Wildman–Crippen MR) is 65.6 cm³/mol. The molecule has 0 bridgehead atoms. The molecule has 2 N–H and O–H groups in total. The second-order valence-electron chi connectivity index (χ2n) is 4.56. The third kappa shape index (κ3) is 3.77. The van der Waals surface area contributed by atoms with Crippen LogP contribution < -0.4 is 5.73 Å². The van der Waals surface area contributed by atoms with Gasteiger partial charge < -0.3 is 5.73 Å². The molecule has 0 saturated heterocycles. The van der Waals surface area contributed by atoms with E-state index in [2.05, 4.69) is 15.4 Å². The highest BCUT2D eigenvalue weighted by molar-refractivity contribution is 5.25. The van der Waals surface area contributed by atoms with Crippen molar-refractivity contribution in [2.75, 3.05) is 0 Å². The highest BCUT2D eigenvalue weighted by Gasteiger charge is 2.29. The van der Waals surface area contributed by atoms with E-state index in [1.54, 1.807) is 7.05 Å². The molecule has 1 aromatic heterocycles. The zero-order valence-corrected chi connectivity index (χ0v) is 10.8. The average molecular weight is 285 g/mol. The van der Waals surface area contributed by atoms with E-state index < -0.39 is 11.7 Å². The lowest BCUT2D eigenvalue weighted by Gasteiger charge is -2.11. The van der Waals surface area contributed by atoms with E-state index in [4.69, 9.17) is 5.73 Å². The van der Waals surface area contributed by atoms with Gasteiger partial charge in [0.25, 0.3) is 0 Å². The SMILES string of the molecule is Cn1nnc(CC(N)Cc2ccc(C(F)(F)F)cc2)n1. The molecule has 2 rings (SSSR count). The van der Waals surface area contributed by atoms with Gasteiger partial charge >= 0.3 is 6.18 Å². The Balaban J connectivity index is 1.96. The fourth-order valence-corrected chi connectivity index (χ4v) is 1.84. The van der Waals surface area contributed by atoms with Gasteiger partial charge in [0.1, 0.15) is 0 Å². The molecule has 0 aliphatic carbocycles. The van der Waals surface area contributed by atoms with Gasteiger partial charge in [-0.2, -0.15) is 18.0 Å². The summed E-state index contributed by atoms with van der Waals surface area (Å²) in [6, 6.07) is 4.72. The van der Waals surface area contributed by atoms with Crippen molar-refractivity contribution in [3.8, 4) is 0 Å². The monoisotopic (exact) mass is 285 g/mol. The van der Waals surface area contributed by atoms with Crippen molar-refractivity contribution in [1.82, 2.24) is 20.2 Å². The van der Waals surface area contributed by atoms with Crippen LogP contribution in [-0.2, 0) is 26.1 Å². The smallest absolute Gasteiger partial charge is 0.327 e. The summed E-state index contributed by atoms with van der Waals surface area (Å²) in [5.74, 6) is 0.520. The highest BCUT2D eigenvalue weighted by atomic mass is 19.4. The molecule has 0 saturated carbocycles. The molecule has 1 aromatic carbocycles. The predicted octanol–water partition coefficient (Wildman–Crippen LogP) is 1.34. The van der Waals surface area contributed by atoms with E-state index in [0.29, 0.717) is 18.7 Å². The van der Waals surface area contributed by atoms with Crippen molar-refractivity contribution >= 4 is 0 Å². The minimum absolute atomic E-state index is 0.268. The first-order valence-corrected chi connectivity index (χ1v) is 5.99. The lowest BCUT2D eigenvalue weighted by molar-refractivity contribution is -0.137. The summed E-state index contributed by atoms with van der Waals surface area (Å²) >= 11 is 0. The molecule has 0 fully saturated rings. The zero-order valence-electron chi connectivity index (χ0n) is 10.8. The minimum atomic E-state index is -4.32. The zero-order chi connectivity index (χ0) is 14.8. The molecular formula is C12H14F3N5. The van der Waals surface area contributed by atoms with E-state index in [-0.39, 0.29) is 6.04 Å². The number of hydrogen-bond acceptors (Lipinski definition) is 4. The largest absolute Gasteiger partial charge is 0.416 e. The first kappa shape index (κ1) is 14.4. The molecular weight excluding hydrogens is 271 g/mol. The van der Waals surface area contributed by atoms with Crippen LogP contribution in [0.5, 0.6) is 0 Å². The van der Waals surface area contributed by atoms with Crippen LogP contribution in [0.25, 0.3) is 0 Å². The van der Waals surface area contributed by atoms with Crippen molar-refractivity contribution < 1.29 is 13.2 Å². The molecule has 2 aromatic rings. The van der Waals surface area contributed by atoms with E-state index in [9.17, 15) is 13.2 Å². The Morgan fingerprint density at radius 1 is 1.20 bits per heavy atom. The van der Waals surface area contributed by atoms with E-state index in [1.807, 2.05) is 0 Å². The molecule has 1 atom stereocenters. The average Bonchev–Trinajstić information content (AvgIpc) is 2.74. The van der Waals surface area contributed by atoms with Crippen LogP contribution in [-0.4, -0.2) is 26.2 Å². The summed E-state index contributed by atoms with van der Waals surface area (Å²) in [7, 11) is 1.65. The lowest BCUT2D eigenvalue weighted by Crippen LogP contribution is -2.26. The molecule has 0 radical (unpaired) electrons. The summed E-state index contributed by atoms with van der Waals surface area (Å²) in [4.78, 5) is 1.33. The number of rotatable bonds is 4. The Morgan fingerprint density at radius 3 is 2.35 bits per heavy atom. The van der Waals surface area contributed by atoms with Crippen LogP contribution in [0.15, 0.2) is 24.3 Å². The number of alkyl halides is 3. The maximum atomic E-state index is 12.4. The number of nitrogens with two attached hydrogens (primary N) is 1. The minimum Gasteiger partial charge on any atom is -0.327 e. The molecule has 0 amide bonds. The first-order valence-electron chi connectivity index (χ1n) is 5.99. The van der Waals surface area contributed by atoms with Crippen molar-refractivity contribution in [3.63, 3.8) is 0 Å². The Labute approximate surface area is 113 Å². The van der Waals surface area contributed by atoms with Gasteiger partial charge in [-0.05, 0) is 29.3 Å². The van der Waals surface area contributed by atoms with Crippen LogP contribution in [0.4, 0.5) is 13.2 Å². The van der Waals surface area contributed by atoms with Gasteiger partial charge in [-0.1, -0.05) is 12.1 Å². The van der Waals surface area contributed by atoms with Gasteiger partial charge in [-0.25, -0.2) is 0 Å². The topological polar surface area (TPSA) is 69.6 Å². The highest BCUT2D eigenvalue weighted by Crippen LogP contribution is 2.29. The number of hydrogen-bond donors (Lipinski definition) is 1. The molecule has 0 spiro atoms. The summed E-state index contributed by atoms with van der Waals surface area (Å²) in [5, 5.41) is 11.5. The third-order valence-electron chi connectivity index (χ3n) is 2.77. The first-order chi connectivity index (χ1) is 9.34. The van der Waals surface area contributed by atoms with Crippen molar-refractivity contribution in [3.05, 3.63) is 41.2 Å². The second-order valence-corrected chi connectivity index (χ2v) is 4.56. The van der Waals surface area contributed by atoms with E-state index in [1.165, 1.54) is 16.9 Å². The Hall–Kier alpha value is -1.96. The maximum absolute atomic E-state index is 12.4. The Kier molecular flexibility index (Phi) is 4.03. The molecule has 20 heavy (non-hydrogen) atoms. The van der Waals surface area contributed by atoms with Gasteiger partial charge in [0, 0.05) is 12.5 Å². The molecule has 1 heterocycles. The van der Waals surface area contributed by atoms with Crippen LogP contribution >= 0.6 is 0 Å². The van der Waals surface area contributed by atoms with Crippen LogP contribution in [0.3, 0.4) is 0 Å². The Bertz CT molecular complexity index is 561. The van der Waals surface area contributed by atoms with Crippen molar-refractivity contribution in [2.45, 2.75) is 25.1 Å². The molecule has 5 nitrogen and oxygen atoms in total. The molecule has 108 valence electrons. The molecule has 0 aliphatic rings. The van der Waals surface area contributed by atoms with Gasteiger partial charge in [0.05, 0.1) is 12.6 Å². The van der Waals surface area contributed by atoms with Crippen LogP contribution in [0.1, 0.15) is 17.0 Å². The number of halogens is 3. The fraction of sp³-hybridized carbons (Fsp3) is 0.417. The van der Waals surface area contributed by atoms with Crippen molar-refractivity contribution in [2.24, 2.45) is 12.8 Å². The molecule has 1 unspecified atom stereocenters. The number of nitrogens with zero attached hydrogens (tertiary/aromatic N) is 4. The van der Waals surface area contributed by atoms with Gasteiger partial charge in [-0.15, -0.1) is 10.2 Å². The Morgan fingerprint density at radius 2 is 1.85 bits per heavy atom. The summed E-state index contributed by atoms with van der Waals surface area (Å²) in [6.07, 6.45) is -3.44. The number of benzene rings is 1. The normalized spacial score (nSPS) is 13.4. The van der Waals surface area contributed by atoms with E-state index in [0.717, 1.165) is 17.7 Å². The van der Waals surface area contributed by atoms with Crippen LogP contribution in [0, 0.1) is 0 Å². The summed E-state index contributed by atoms with van der Waals surface area (Å²) < 4.78 is 37.3. The molecule has 0 aliphatic heterocycles. The summed E-state index contributed by atoms with van der Waals surface area (Å²) in [5.41, 5.74) is 6.01. The standard InChI is InChI=1S/C12H14F3N5/c1-20-18-11(17-19-20)7-10(16)6-8-2-4-9(5-3-8)12(13,14)15/h2-5,10H,6-7,16H2,1H3. The quantitative estimate of drug-likeness (QED) is 0.920. The number of aromatic nitrogens is 4. The number of tetrazole rings is 1. The second kappa shape index (κ2) is 5.58. The lowest BCUT2D eigenvalue weighted by atomic mass is 10.0. The maximum Gasteiger partial charge on any atom is 0.416 e. The van der Waals surface area contributed by atoms with Crippen LogP contribution in [0.2, 0.25) is 0 Å². The van der Waals surface area contributed by atoms with Gasteiger partial charge in [-0.3, -0.25) is 0 Å². The summed E-state index contributed by atoms with van der Waals surface area (Å²) in [6.45, 7) is 0. The van der Waals surface area contributed by atoms with Crippen molar-refractivity contribution in [1.29, 1.82) is 0 Å². The van der Waals surface area contributed by atoms with Gasteiger partial charge in [0.2, 0.25) is 0 Å². The molecule has 8 heteroatoms.